The van der Waals surface area contributed by atoms with Gasteiger partial charge >= 0.3 is 0 Å². The van der Waals surface area contributed by atoms with Crippen LogP contribution < -0.4 is 10.6 Å². The number of hydrogen-bond donors (Lipinski definition) is 2. The molecule has 0 atom stereocenters. The molecule has 1 rings (SSSR count). The fraction of sp³-hybridized carbons (Fsp3) is 0.812. The molecule has 4 heteroatoms. The second-order valence-corrected chi connectivity index (χ2v) is 5.28. The Kier molecular flexibility index (Phi) is 9.13. The molecule has 0 fully saturated rings. The highest BCUT2D eigenvalue weighted by atomic mass is 15.2. The molecular formula is C16H32N4. The lowest BCUT2D eigenvalue weighted by Crippen LogP contribution is -2.42. The van der Waals surface area contributed by atoms with Gasteiger partial charge in [-0.15, -0.1) is 0 Å². The van der Waals surface area contributed by atoms with Gasteiger partial charge in [-0.1, -0.05) is 26.0 Å². The molecule has 20 heavy (non-hydrogen) atoms. The molecule has 0 aromatic carbocycles. The normalized spacial score (nSPS) is 16.1. The Morgan fingerprint density at radius 2 is 1.85 bits per heavy atom. The van der Waals surface area contributed by atoms with Gasteiger partial charge in [0.2, 0.25) is 0 Å². The third-order valence-corrected chi connectivity index (χ3v) is 3.74. The van der Waals surface area contributed by atoms with Crippen LogP contribution in [0.15, 0.2) is 17.1 Å². The van der Waals surface area contributed by atoms with Crippen LogP contribution in [0.2, 0.25) is 0 Å². The smallest absolute Gasteiger partial charge is 0.191 e. The molecule has 0 spiro atoms. The van der Waals surface area contributed by atoms with Crippen molar-refractivity contribution in [1.29, 1.82) is 0 Å². The van der Waals surface area contributed by atoms with Crippen molar-refractivity contribution < 1.29 is 0 Å². The predicted octanol–water partition coefficient (Wildman–Crippen LogP) is 2.38. The van der Waals surface area contributed by atoms with Crippen LogP contribution in [-0.2, 0) is 0 Å². The molecule has 0 saturated heterocycles. The van der Waals surface area contributed by atoms with E-state index in [0.29, 0.717) is 6.04 Å². The summed E-state index contributed by atoms with van der Waals surface area (Å²) >= 11 is 0. The Labute approximate surface area is 124 Å². The van der Waals surface area contributed by atoms with E-state index in [1.807, 2.05) is 0 Å². The van der Waals surface area contributed by atoms with E-state index < -0.39 is 0 Å². The van der Waals surface area contributed by atoms with Crippen molar-refractivity contribution in [3.63, 3.8) is 0 Å². The maximum atomic E-state index is 4.67. The molecule has 116 valence electrons. The van der Waals surface area contributed by atoms with E-state index in [1.165, 1.54) is 13.0 Å². The van der Waals surface area contributed by atoms with Gasteiger partial charge in [0, 0.05) is 19.1 Å². The fourth-order valence-electron chi connectivity index (χ4n) is 2.43. The molecule has 0 unspecified atom stereocenters. The Morgan fingerprint density at radius 1 is 1.15 bits per heavy atom. The summed E-state index contributed by atoms with van der Waals surface area (Å²) < 4.78 is 0. The van der Waals surface area contributed by atoms with Gasteiger partial charge in [0.05, 0.1) is 0 Å². The number of guanidine groups is 1. The van der Waals surface area contributed by atoms with E-state index in [4.69, 9.17) is 0 Å². The fourth-order valence-corrected chi connectivity index (χ4v) is 2.43. The van der Waals surface area contributed by atoms with Gasteiger partial charge in [0.15, 0.2) is 5.96 Å². The first-order valence-corrected chi connectivity index (χ1v) is 8.22. The molecule has 0 saturated carbocycles. The number of aliphatic imine (C=N–C) groups is 1. The average Bonchev–Trinajstić information content (AvgIpc) is 2.96. The van der Waals surface area contributed by atoms with Gasteiger partial charge in [-0.25, -0.2) is 0 Å². The summed E-state index contributed by atoms with van der Waals surface area (Å²) in [6.07, 6.45) is 9.11. The van der Waals surface area contributed by atoms with Crippen LogP contribution in [0.4, 0.5) is 0 Å². The first kappa shape index (κ1) is 17.0. The highest BCUT2D eigenvalue weighted by Crippen LogP contribution is 2.08. The van der Waals surface area contributed by atoms with Gasteiger partial charge in [-0.3, -0.25) is 4.99 Å². The topological polar surface area (TPSA) is 39.7 Å². The van der Waals surface area contributed by atoms with E-state index in [1.54, 1.807) is 0 Å². The minimum atomic E-state index is 0.531. The molecule has 4 nitrogen and oxygen atoms in total. The van der Waals surface area contributed by atoms with Crippen molar-refractivity contribution in [3.05, 3.63) is 12.2 Å². The lowest BCUT2D eigenvalue weighted by molar-refractivity contribution is 0.297. The van der Waals surface area contributed by atoms with Crippen molar-refractivity contribution in [2.75, 3.05) is 32.7 Å². The van der Waals surface area contributed by atoms with Crippen molar-refractivity contribution in [2.24, 2.45) is 4.99 Å². The monoisotopic (exact) mass is 280 g/mol. The predicted molar refractivity (Wildman–Crippen MR) is 88.3 cm³/mol. The standard InChI is InChI=1S/C16H32N4/c1-4-17-16(19-15-11-7-8-12-15)18-13-9-10-14-20(5-2)6-3/h7-8,15H,4-6,9-14H2,1-3H3,(H2,17,18,19). The maximum absolute atomic E-state index is 4.67. The van der Waals surface area contributed by atoms with Crippen LogP contribution in [0, 0.1) is 0 Å². The Hall–Kier alpha value is -1.03. The van der Waals surface area contributed by atoms with Crippen LogP contribution in [0.25, 0.3) is 0 Å². The SMILES string of the molecule is CCNC(=NCCCCN(CC)CC)NC1CC=CC1. The summed E-state index contributed by atoms with van der Waals surface area (Å²) in [4.78, 5) is 7.14. The zero-order valence-corrected chi connectivity index (χ0v) is 13.5. The molecule has 0 aliphatic heterocycles. The summed E-state index contributed by atoms with van der Waals surface area (Å²) in [7, 11) is 0. The number of nitrogens with zero attached hydrogens (tertiary/aromatic N) is 2. The van der Waals surface area contributed by atoms with Gasteiger partial charge in [0.25, 0.3) is 0 Å². The van der Waals surface area contributed by atoms with Gasteiger partial charge in [0.1, 0.15) is 0 Å². The molecule has 2 N–H and O–H groups in total. The highest BCUT2D eigenvalue weighted by Gasteiger charge is 2.11. The summed E-state index contributed by atoms with van der Waals surface area (Å²) in [5, 5.41) is 6.84. The van der Waals surface area contributed by atoms with E-state index in [0.717, 1.165) is 51.4 Å². The third kappa shape index (κ3) is 6.94. The number of nitrogens with one attached hydrogen (secondary N) is 2. The number of rotatable bonds is 9. The van der Waals surface area contributed by atoms with Gasteiger partial charge < -0.3 is 15.5 Å². The minimum absolute atomic E-state index is 0.531. The van der Waals surface area contributed by atoms with Crippen LogP contribution in [0.5, 0.6) is 0 Å². The Morgan fingerprint density at radius 3 is 2.45 bits per heavy atom. The molecule has 0 heterocycles. The van der Waals surface area contributed by atoms with Crippen LogP contribution >= 0.6 is 0 Å². The van der Waals surface area contributed by atoms with E-state index in [2.05, 4.69) is 53.4 Å². The largest absolute Gasteiger partial charge is 0.357 e. The molecule has 1 aliphatic rings. The quantitative estimate of drug-likeness (QED) is 0.295. The highest BCUT2D eigenvalue weighted by molar-refractivity contribution is 5.80. The molecule has 1 aliphatic carbocycles. The number of hydrogen-bond acceptors (Lipinski definition) is 2. The molecule has 0 aromatic rings. The van der Waals surface area contributed by atoms with Gasteiger partial charge in [-0.2, -0.15) is 0 Å². The second kappa shape index (κ2) is 10.7. The summed E-state index contributed by atoms with van der Waals surface area (Å²) in [6, 6.07) is 0.531. The van der Waals surface area contributed by atoms with E-state index >= 15 is 0 Å². The van der Waals surface area contributed by atoms with Crippen LogP contribution in [0.3, 0.4) is 0 Å². The molecule has 0 bridgehead atoms. The summed E-state index contributed by atoms with van der Waals surface area (Å²) in [5.41, 5.74) is 0. The van der Waals surface area contributed by atoms with Gasteiger partial charge in [-0.05, 0) is 52.2 Å². The molecule has 0 aromatic heterocycles. The molecular weight excluding hydrogens is 248 g/mol. The zero-order valence-electron chi connectivity index (χ0n) is 13.5. The average molecular weight is 280 g/mol. The first-order chi connectivity index (χ1) is 9.80. The maximum Gasteiger partial charge on any atom is 0.191 e. The Balaban J connectivity index is 2.20. The van der Waals surface area contributed by atoms with Crippen molar-refractivity contribution in [2.45, 2.75) is 52.5 Å². The summed E-state index contributed by atoms with van der Waals surface area (Å²) in [6.45, 7) is 11.9. The molecule has 0 radical (unpaired) electrons. The zero-order chi connectivity index (χ0) is 14.6. The first-order valence-electron chi connectivity index (χ1n) is 8.22. The van der Waals surface area contributed by atoms with Crippen molar-refractivity contribution >= 4 is 5.96 Å². The number of unbranched alkanes of at least 4 members (excludes halogenated alkanes) is 1. The summed E-state index contributed by atoms with van der Waals surface area (Å²) in [5.74, 6) is 0.976. The lowest BCUT2D eigenvalue weighted by atomic mass is 10.2. The lowest BCUT2D eigenvalue weighted by Gasteiger charge is -2.18. The van der Waals surface area contributed by atoms with Crippen LogP contribution in [-0.4, -0.2) is 49.6 Å². The third-order valence-electron chi connectivity index (χ3n) is 3.74. The Bertz CT molecular complexity index is 287. The molecule has 0 amide bonds. The van der Waals surface area contributed by atoms with Crippen molar-refractivity contribution in [1.82, 2.24) is 15.5 Å². The van der Waals surface area contributed by atoms with Crippen molar-refractivity contribution in [3.8, 4) is 0 Å². The van der Waals surface area contributed by atoms with Crippen LogP contribution in [0.1, 0.15) is 46.5 Å². The van der Waals surface area contributed by atoms with E-state index in [9.17, 15) is 0 Å². The minimum Gasteiger partial charge on any atom is -0.357 e. The van der Waals surface area contributed by atoms with E-state index in [-0.39, 0.29) is 0 Å². The second-order valence-electron chi connectivity index (χ2n) is 5.28.